The Morgan fingerprint density at radius 1 is 1.24 bits per heavy atom. The topological polar surface area (TPSA) is 0 Å². The number of benzene rings is 1. The smallest absolute Gasteiger partial charge is 0.117 e. The molecule has 1 saturated carbocycles. The first-order chi connectivity index (χ1) is 8.20. The summed E-state index contributed by atoms with van der Waals surface area (Å²) >= 11 is 0. The lowest BCUT2D eigenvalue weighted by molar-refractivity contribution is 0.308. The van der Waals surface area contributed by atoms with Crippen molar-refractivity contribution in [3.8, 4) is 0 Å². The lowest BCUT2D eigenvalue weighted by atomic mass is 9.77. The van der Waals surface area contributed by atoms with Gasteiger partial charge in [0.05, 0.1) is 0 Å². The van der Waals surface area contributed by atoms with Crippen LogP contribution in [-0.4, -0.2) is 7.85 Å². The van der Waals surface area contributed by atoms with Gasteiger partial charge in [-0.3, -0.25) is 0 Å². The monoisotopic (exact) mass is 230 g/mol. The molecule has 1 fully saturated rings. The summed E-state index contributed by atoms with van der Waals surface area (Å²) in [6.07, 6.45) is 7.63. The Morgan fingerprint density at radius 2 is 1.94 bits per heavy atom. The van der Waals surface area contributed by atoms with Crippen molar-refractivity contribution in [1.29, 1.82) is 0 Å². The fourth-order valence-corrected chi connectivity index (χ4v) is 2.99. The van der Waals surface area contributed by atoms with Crippen molar-refractivity contribution < 1.29 is 4.39 Å². The van der Waals surface area contributed by atoms with E-state index in [1.165, 1.54) is 38.5 Å². The first-order valence-electron chi connectivity index (χ1n) is 6.75. The minimum absolute atomic E-state index is 0.258. The van der Waals surface area contributed by atoms with Crippen LogP contribution in [0.1, 0.15) is 56.9 Å². The van der Waals surface area contributed by atoms with E-state index >= 15 is 0 Å². The average molecular weight is 230 g/mol. The molecule has 0 heterocycles. The molecule has 1 aliphatic rings. The van der Waals surface area contributed by atoms with Crippen molar-refractivity contribution in [1.82, 2.24) is 0 Å². The van der Waals surface area contributed by atoms with Gasteiger partial charge in [-0.25, -0.2) is 4.39 Å². The zero-order valence-electron chi connectivity index (χ0n) is 10.6. The van der Waals surface area contributed by atoms with Crippen molar-refractivity contribution in [2.24, 2.45) is 5.92 Å². The first kappa shape index (κ1) is 12.7. The van der Waals surface area contributed by atoms with Crippen LogP contribution in [0.3, 0.4) is 0 Å². The van der Waals surface area contributed by atoms with Gasteiger partial charge in [0.25, 0.3) is 0 Å². The number of rotatable bonds is 3. The maximum atomic E-state index is 13.4. The van der Waals surface area contributed by atoms with Crippen molar-refractivity contribution in [3.63, 3.8) is 0 Å². The van der Waals surface area contributed by atoms with Gasteiger partial charge in [0, 0.05) is 0 Å². The molecule has 0 N–H and O–H groups in total. The summed E-state index contributed by atoms with van der Waals surface area (Å²) in [6.45, 7) is 2.25. The fraction of sp³-hybridized carbons (Fsp3) is 0.600. The second-order valence-corrected chi connectivity index (χ2v) is 5.29. The predicted octanol–water partition coefficient (Wildman–Crippen LogP) is 3.69. The lowest BCUT2D eigenvalue weighted by Gasteiger charge is -2.28. The van der Waals surface area contributed by atoms with Crippen LogP contribution in [0.4, 0.5) is 4.39 Å². The lowest BCUT2D eigenvalue weighted by Crippen LogP contribution is -2.15. The minimum Gasteiger partial charge on any atom is -0.208 e. The van der Waals surface area contributed by atoms with Gasteiger partial charge in [-0.1, -0.05) is 37.4 Å². The molecular weight excluding hydrogens is 210 g/mol. The van der Waals surface area contributed by atoms with Crippen LogP contribution >= 0.6 is 0 Å². The molecule has 0 nitrogen and oxygen atoms in total. The van der Waals surface area contributed by atoms with Gasteiger partial charge in [0.2, 0.25) is 0 Å². The maximum Gasteiger partial charge on any atom is 0.117 e. The van der Waals surface area contributed by atoms with Crippen LogP contribution in [0.5, 0.6) is 0 Å². The van der Waals surface area contributed by atoms with Gasteiger partial charge in [0.1, 0.15) is 13.7 Å². The number of hydrogen-bond acceptors (Lipinski definition) is 0. The first-order valence-corrected chi connectivity index (χ1v) is 6.75. The Labute approximate surface area is 105 Å². The molecular formula is C15H20BF. The third kappa shape index (κ3) is 3.11. The summed E-state index contributed by atoms with van der Waals surface area (Å²) in [7, 11) is 5.50. The van der Waals surface area contributed by atoms with Crippen LogP contribution in [0.25, 0.3) is 0 Å². The van der Waals surface area contributed by atoms with Crippen LogP contribution in [-0.2, 0) is 0 Å². The van der Waals surface area contributed by atoms with E-state index in [-0.39, 0.29) is 11.3 Å². The van der Waals surface area contributed by atoms with Crippen LogP contribution < -0.4 is 5.46 Å². The quantitative estimate of drug-likeness (QED) is 0.694. The Kier molecular flexibility index (Phi) is 4.25. The van der Waals surface area contributed by atoms with Crippen molar-refractivity contribution in [2.45, 2.75) is 51.4 Å². The molecule has 2 radical (unpaired) electrons. The third-order valence-electron chi connectivity index (χ3n) is 4.04. The van der Waals surface area contributed by atoms with E-state index in [0.29, 0.717) is 5.92 Å². The van der Waals surface area contributed by atoms with E-state index in [1.54, 1.807) is 12.1 Å². The fourth-order valence-electron chi connectivity index (χ4n) is 2.99. The SMILES string of the molecule is [B]c1ccc(C2CCC(CCC)CC2)cc1F. The van der Waals surface area contributed by atoms with Gasteiger partial charge in [-0.2, -0.15) is 0 Å². The van der Waals surface area contributed by atoms with E-state index in [2.05, 4.69) is 6.92 Å². The second kappa shape index (κ2) is 5.70. The number of hydrogen-bond donors (Lipinski definition) is 0. The zero-order chi connectivity index (χ0) is 12.3. The highest BCUT2D eigenvalue weighted by Crippen LogP contribution is 2.37. The highest BCUT2D eigenvalue weighted by Gasteiger charge is 2.22. The van der Waals surface area contributed by atoms with Gasteiger partial charge in [0.15, 0.2) is 0 Å². The van der Waals surface area contributed by atoms with Gasteiger partial charge in [-0.15, -0.1) is 0 Å². The van der Waals surface area contributed by atoms with Gasteiger partial charge >= 0.3 is 0 Å². The van der Waals surface area contributed by atoms with E-state index in [9.17, 15) is 4.39 Å². The molecule has 0 aliphatic heterocycles. The minimum atomic E-state index is -0.266. The van der Waals surface area contributed by atoms with Crippen LogP contribution in [0.15, 0.2) is 18.2 Å². The van der Waals surface area contributed by atoms with Gasteiger partial charge in [-0.05, 0) is 49.1 Å². The molecule has 17 heavy (non-hydrogen) atoms. The molecule has 0 saturated heterocycles. The molecule has 0 bridgehead atoms. The highest BCUT2D eigenvalue weighted by atomic mass is 19.1. The molecule has 1 aliphatic carbocycles. The van der Waals surface area contributed by atoms with Crippen LogP contribution in [0.2, 0.25) is 0 Å². The van der Waals surface area contributed by atoms with Crippen molar-refractivity contribution in [3.05, 3.63) is 29.6 Å². The summed E-state index contributed by atoms with van der Waals surface area (Å²) in [4.78, 5) is 0. The Bertz CT molecular complexity index is 367. The zero-order valence-corrected chi connectivity index (χ0v) is 10.6. The molecule has 0 atom stereocenters. The maximum absolute atomic E-state index is 13.4. The molecule has 2 rings (SSSR count). The Hall–Kier alpha value is -0.785. The van der Waals surface area contributed by atoms with E-state index in [4.69, 9.17) is 7.85 Å². The Balaban J connectivity index is 1.98. The average Bonchev–Trinajstić information content (AvgIpc) is 2.34. The molecule has 90 valence electrons. The van der Waals surface area contributed by atoms with E-state index in [1.807, 2.05) is 6.07 Å². The predicted molar refractivity (Wildman–Crippen MR) is 71.4 cm³/mol. The molecule has 0 amide bonds. The highest BCUT2D eigenvalue weighted by molar-refractivity contribution is 6.32. The largest absolute Gasteiger partial charge is 0.208 e. The molecule has 2 heteroatoms. The number of halogens is 1. The Morgan fingerprint density at radius 3 is 2.53 bits per heavy atom. The molecule has 0 unspecified atom stereocenters. The normalized spacial score (nSPS) is 24.8. The molecule has 0 aromatic heterocycles. The van der Waals surface area contributed by atoms with E-state index < -0.39 is 0 Å². The summed E-state index contributed by atoms with van der Waals surface area (Å²) in [6, 6.07) is 5.31. The summed E-state index contributed by atoms with van der Waals surface area (Å²) in [5.41, 5.74) is 1.39. The summed E-state index contributed by atoms with van der Waals surface area (Å²) < 4.78 is 13.4. The standard InChI is InChI=1S/C15H20BF/c1-2-3-11-4-6-12(7-5-11)13-8-9-14(16)15(17)10-13/h8-12H,2-7H2,1H3. The summed E-state index contributed by atoms with van der Waals surface area (Å²) in [5, 5.41) is 0. The summed E-state index contributed by atoms with van der Waals surface area (Å²) in [5.74, 6) is 1.17. The van der Waals surface area contributed by atoms with Gasteiger partial charge < -0.3 is 0 Å². The van der Waals surface area contributed by atoms with Crippen molar-refractivity contribution >= 4 is 13.3 Å². The van der Waals surface area contributed by atoms with Crippen molar-refractivity contribution in [2.75, 3.05) is 0 Å². The molecule has 1 aromatic carbocycles. The molecule has 0 spiro atoms. The second-order valence-electron chi connectivity index (χ2n) is 5.29. The van der Waals surface area contributed by atoms with Crippen LogP contribution in [0, 0.1) is 11.7 Å². The molecule has 1 aromatic rings. The van der Waals surface area contributed by atoms with E-state index in [0.717, 1.165) is 11.5 Å². The third-order valence-corrected chi connectivity index (χ3v) is 4.04.